The third kappa shape index (κ3) is 3.65. The van der Waals surface area contributed by atoms with Crippen molar-refractivity contribution in [2.45, 2.75) is 13.3 Å². The lowest BCUT2D eigenvalue weighted by atomic mass is 9.88. The Morgan fingerprint density at radius 3 is 2.81 bits per heavy atom. The summed E-state index contributed by atoms with van der Waals surface area (Å²) < 4.78 is 18.0. The van der Waals surface area contributed by atoms with Crippen molar-refractivity contribution in [3.05, 3.63) is 75.7 Å². The van der Waals surface area contributed by atoms with Crippen molar-refractivity contribution >= 4 is 22.4 Å². The molecule has 2 aromatic heterocycles. The van der Waals surface area contributed by atoms with Crippen molar-refractivity contribution in [2.24, 2.45) is 18.9 Å². The highest BCUT2D eigenvalue weighted by atomic mass is 19.1. The average Bonchev–Trinajstić information content (AvgIpc) is 3.49. The average molecular weight is 484 g/mol. The summed E-state index contributed by atoms with van der Waals surface area (Å²) in [6.07, 6.45) is 2.94. The first-order chi connectivity index (χ1) is 17.4. The van der Waals surface area contributed by atoms with Crippen molar-refractivity contribution in [1.29, 1.82) is 0 Å². The molecule has 0 spiro atoms. The summed E-state index contributed by atoms with van der Waals surface area (Å²) in [5.41, 5.74) is 2.20. The Bertz CT molecular complexity index is 1600. The molecule has 2 aromatic carbocycles. The molecule has 0 bridgehead atoms. The Morgan fingerprint density at radius 2 is 2.00 bits per heavy atom. The monoisotopic (exact) mass is 483 g/mol. The maximum Gasteiger partial charge on any atom is 0.263 e. The quantitative estimate of drug-likeness (QED) is 0.449. The second kappa shape index (κ2) is 8.57. The van der Waals surface area contributed by atoms with Gasteiger partial charge in [0.05, 0.1) is 23.3 Å². The van der Waals surface area contributed by atoms with Crippen LogP contribution in [0.5, 0.6) is 0 Å². The van der Waals surface area contributed by atoms with Gasteiger partial charge in [0.1, 0.15) is 17.5 Å². The summed E-state index contributed by atoms with van der Waals surface area (Å²) in [6, 6.07) is 9.98. The summed E-state index contributed by atoms with van der Waals surface area (Å²) in [5, 5.41) is 8.79. The normalized spacial score (nSPS) is 19.4. The zero-order chi connectivity index (χ0) is 25.0. The van der Waals surface area contributed by atoms with Crippen LogP contribution >= 0.6 is 0 Å². The van der Waals surface area contributed by atoms with E-state index < -0.39 is 5.82 Å². The van der Waals surface area contributed by atoms with Gasteiger partial charge in [-0.05, 0) is 62.5 Å². The molecule has 0 aliphatic carbocycles. The third-order valence-corrected chi connectivity index (χ3v) is 7.47. The summed E-state index contributed by atoms with van der Waals surface area (Å²) in [6.45, 7) is 12.7. The minimum Gasteiger partial charge on any atom is -0.356 e. The minimum atomic E-state index is -0.633. The van der Waals surface area contributed by atoms with Crippen LogP contribution < -0.4 is 15.8 Å². The molecule has 2 aliphatic rings. The van der Waals surface area contributed by atoms with Crippen molar-refractivity contribution < 1.29 is 4.39 Å². The van der Waals surface area contributed by atoms with Gasteiger partial charge in [-0.3, -0.25) is 14.0 Å². The number of piperidine rings is 1. The Labute approximate surface area is 207 Å². The molecule has 1 N–H and O–H groups in total. The minimum absolute atomic E-state index is 0.0624. The van der Waals surface area contributed by atoms with E-state index in [-0.39, 0.29) is 11.2 Å². The molecule has 0 radical (unpaired) electrons. The Hall–Kier alpha value is -4.03. The maximum atomic E-state index is 14.7. The fourth-order valence-corrected chi connectivity index (χ4v) is 5.57. The third-order valence-electron chi connectivity index (χ3n) is 7.47. The zero-order valence-corrected chi connectivity index (χ0v) is 20.2. The van der Waals surface area contributed by atoms with Crippen LogP contribution in [0.3, 0.4) is 0 Å². The summed E-state index contributed by atoms with van der Waals surface area (Å²) in [4.78, 5) is 24.4. The molecule has 4 aromatic rings. The van der Waals surface area contributed by atoms with Gasteiger partial charge >= 0.3 is 0 Å². The second-order valence-electron chi connectivity index (χ2n) is 9.76. The Balaban J connectivity index is 1.55. The van der Waals surface area contributed by atoms with Gasteiger partial charge in [-0.2, -0.15) is 5.10 Å². The number of rotatable bonds is 3. The van der Waals surface area contributed by atoms with E-state index >= 15 is 0 Å². The van der Waals surface area contributed by atoms with Gasteiger partial charge in [0, 0.05) is 37.3 Å². The van der Waals surface area contributed by atoms with Crippen LogP contribution in [0.1, 0.15) is 12.0 Å². The number of nitrogens with one attached hydrogen (secondary N) is 1. The van der Waals surface area contributed by atoms with E-state index in [1.165, 1.54) is 12.1 Å². The number of aryl methyl sites for hydroxylation is 1. The molecule has 8 nitrogen and oxygen atoms in total. The highest BCUT2D eigenvalue weighted by Gasteiger charge is 2.34. The number of anilines is 1. The van der Waals surface area contributed by atoms with Crippen LogP contribution in [0.25, 0.3) is 32.8 Å². The largest absolute Gasteiger partial charge is 0.356 e. The SMILES string of the molecule is [C-]#[N+]c1ccc(-c2nc(N3CCC4CNCC4C3)c(C)c(=O)n2-c2ccc3nn(C)cc3c2)cc1F. The highest BCUT2D eigenvalue weighted by molar-refractivity contribution is 5.81. The first-order valence-electron chi connectivity index (χ1n) is 12.1. The van der Waals surface area contributed by atoms with Crippen LogP contribution in [-0.2, 0) is 7.05 Å². The van der Waals surface area contributed by atoms with E-state index in [0.717, 1.165) is 43.5 Å². The molecule has 2 aliphatic heterocycles. The molecule has 0 amide bonds. The highest BCUT2D eigenvalue weighted by Crippen LogP contribution is 2.33. The van der Waals surface area contributed by atoms with Gasteiger partial charge < -0.3 is 10.2 Å². The van der Waals surface area contributed by atoms with Crippen LogP contribution in [0.4, 0.5) is 15.9 Å². The maximum absolute atomic E-state index is 14.7. The molecule has 2 unspecified atom stereocenters. The van der Waals surface area contributed by atoms with Crippen LogP contribution in [0, 0.1) is 31.1 Å². The molecular formula is C27H26FN7O. The zero-order valence-electron chi connectivity index (χ0n) is 20.2. The lowest BCUT2D eigenvalue weighted by Crippen LogP contribution is -2.42. The summed E-state index contributed by atoms with van der Waals surface area (Å²) in [7, 11) is 1.85. The van der Waals surface area contributed by atoms with Crippen molar-refractivity contribution in [1.82, 2.24) is 24.6 Å². The number of hydrogen-bond donors (Lipinski definition) is 1. The van der Waals surface area contributed by atoms with Crippen molar-refractivity contribution in [3.63, 3.8) is 0 Å². The number of fused-ring (bicyclic) bond motifs is 2. The van der Waals surface area contributed by atoms with Gasteiger partial charge in [0.2, 0.25) is 5.69 Å². The van der Waals surface area contributed by atoms with E-state index in [2.05, 4.69) is 20.2 Å². The van der Waals surface area contributed by atoms with Gasteiger partial charge in [0.25, 0.3) is 5.56 Å². The van der Waals surface area contributed by atoms with Crippen molar-refractivity contribution in [3.8, 4) is 17.1 Å². The molecule has 2 saturated heterocycles. The standard InChI is InChI=1S/C27H26FN7O/c1-16-25(34-9-8-18-12-30-13-20(18)15-34)31-26(17-4-6-24(29-2)22(28)11-17)35(27(16)36)21-5-7-23-19(10-21)14-33(3)32-23/h4-7,10-11,14,18,20,30H,8-9,12-13,15H2,1,3H3. The second-order valence-corrected chi connectivity index (χ2v) is 9.76. The fourth-order valence-electron chi connectivity index (χ4n) is 5.57. The van der Waals surface area contributed by atoms with Gasteiger partial charge in [-0.25, -0.2) is 14.2 Å². The fraction of sp³-hybridized carbons (Fsp3) is 0.333. The number of aromatic nitrogens is 4. The Kier molecular flexibility index (Phi) is 5.34. The predicted molar refractivity (Wildman–Crippen MR) is 137 cm³/mol. The predicted octanol–water partition coefficient (Wildman–Crippen LogP) is 3.83. The topological polar surface area (TPSA) is 72.3 Å². The van der Waals surface area contributed by atoms with Gasteiger partial charge in [0.15, 0.2) is 0 Å². The first-order valence-corrected chi connectivity index (χ1v) is 12.1. The molecule has 2 fully saturated rings. The lowest BCUT2D eigenvalue weighted by Gasteiger charge is -2.36. The Morgan fingerprint density at radius 1 is 1.17 bits per heavy atom. The van der Waals surface area contributed by atoms with E-state index in [4.69, 9.17) is 11.6 Å². The molecule has 182 valence electrons. The molecule has 36 heavy (non-hydrogen) atoms. The van der Waals surface area contributed by atoms with Crippen LogP contribution in [0.2, 0.25) is 0 Å². The number of halogens is 1. The summed E-state index contributed by atoms with van der Waals surface area (Å²) >= 11 is 0. The van der Waals surface area contributed by atoms with E-state index in [9.17, 15) is 9.18 Å². The molecule has 4 heterocycles. The van der Waals surface area contributed by atoms with Gasteiger partial charge in [-0.1, -0.05) is 12.1 Å². The van der Waals surface area contributed by atoms with E-state index in [0.29, 0.717) is 40.3 Å². The number of benzene rings is 2. The molecule has 6 rings (SSSR count). The number of hydrogen-bond acceptors (Lipinski definition) is 5. The van der Waals surface area contributed by atoms with Crippen LogP contribution in [0.15, 0.2) is 47.4 Å². The lowest BCUT2D eigenvalue weighted by molar-refractivity contribution is 0.347. The summed E-state index contributed by atoms with van der Waals surface area (Å²) in [5.74, 6) is 1.54. The number of nitrogens with zero attached hydrogens (tertiary/aromatic N) is 6. The van der Waals surface area contributed by atoms with Crippen LogP contribution in [-0.4, -0.2) is 45.5 Å². The molecule has 2 atom stereocenters. The van der Waals surface area contributed by atoms with Gasteiger partial charge in [-0.15, -0.1) is 0 Å². The molecule has 9 heteroatoms. The van der Waals surface area contributed by atoms with E-state index in [1.807, 2.05) is 38.4 Å². The first kappa shape index (κ1) is 22.4. The smallest absolute Gasteiger partial charge is 0.263 e. The molecule has 0 saturated carbocycles. The molecular weight excluding hydrogens is 457 g/mol. The van der Waals surface area contributed by atoms with E-state index in [1.54, 1.807) is 15.3 Å². The van der Waals surface area contributed by atoms with Crippen molar-refractivity contribution in [2.75, 3.05) is 31.1 Å².